The molecule has 9 heteroatoms. The Labute approximate surface area is 558 Å². The molecular formula is C81H150NO8+. The summed E-state index contributed by atoms with van der Waals surface area (Å²) in [5, 5.41) is 9.76. The highest BCUT2D eigenvalue weighted by molar-refractivity contribution is 5.71. The van der Waals surface area contributed by atoms with Gasteiger partial charge in [-0.2, -0.15) is 0 Å². The van der Waals surface area contributed by atoms with Crippen molar-refractivity contribution in [2.45, 2.75) is 392 Å². The fraction of sp³-hybridized carbons (Fsp3) is 0.840. The molecule has 0 aliphatic rings. The molecule has 0 aromatic heterocycles. The number of rotatable bonds is 73. The molecular weight excluding hydrogens is 1110 g/mol. The van der Waals surface area contributed by atoms with Gasteiger partial charge in [0.1, 0.15) is 13.2 Å². The number of ether oxygens (including phenoxy) is 4. The van der Waals surface area contributed by atoms with Crippen LogP contribution in [0.2, 0.25) is 0 Å². The quantitative estimate of drug-likeness (QED) is 0.0211. The SMILES string of the molecule is CC/C=C\C/C=C\C/C=C\C/C=C\C/C=C\CCCCCCCCCCCC(=O)OC(COC(=O)CCCCCCCCCCCCCCCCCCCCCCCCCCCCCCCCCCCCCCCCCC)COC(OCC[N+](C)(C)C)C(=O)O. The van der Waals surface area contributed by atoms with Crippen LogP contribution in [0, 0.1) is 0 Å². The average Bonchev–Trinajstić information content (AvgIpc) is 3.73. The predicted octanol–water partition coefficient (Wildman–Crippen LogP) is 24.6. The largest absolute Gasteiger partial charge is 0.477 e. The summed E-state index contributed by atoms with van der Waals surface area (Å²) in [5.74, 6) is -1.99. The number of carbonyl (C=O) groups excluding carboxylic acids is 2. The number of carboxylic acids is 1. The van der Waals surface area contributed by atoms with E-state index in [1.165, 1.54) is 270 Å². The first-order chi connectivity index (χ1) is 44.1. The molecule has 0 heterocycles. The second-order valence-corrected chi connectivity index (χ2v) is 27.7. The molecule has 0 saturated heterocycles. The number of nitrogens with zero attached hydrogens (tertiary/aromatic N) is 1. The van der Waals surface area contributed by atoms with Crippen molar-refractivity contribution in [1.29, 1.82) is 0 Å². The topological polar surface area (TPSA) is 108 Å². The van der Waals surface area contributed by atoms with E-state index in [4.69, 9.17) is 18.9 Å². The van der Waals surface area contributed by atoms with Crippen molar-refractivity contribution >= 4 is 17.9 Å². The summed E-state index contributed by atoms with van der Waals surface area (Å²) in [5.41, 5.74) is 0. The van der Waals surface area contributed by atoms with Crippen molar-refractivity contribution < 1.29 is 42.9 Å². The Kier molecular flexibility index (Phi) is 69.4. The van der Waals surface area contributed by atoms with E-state index in [9.17, 15) is 19.5 Å². The lowest BCUT2D eigenvalue weighted by Crippen LogP contribution is -2.40. The fourth-order valence-corrected chi connectivity index (χ4v) is 11.6. The minimum Gasteiger partial charge on any atom is -0.477 e. The molecule has 0 amide bonds. The molecule has 0 fully saturated rings. The first-order valence-electron chi connectivity index (χ1n) is 39.0. The van der Waals surface area contributed by atoms with E-state index in [1.807, 2.05) is 21.1 Å². The van der Waals surface area contributed by atoms with Crippen LogP contribution in [0.1, 0.15) is 380 Å². The zero-order valence-corrected chi connectivity index (χ0v) is 60.3. The third-order valence-corrected chi connectivity index (χ3v) is 17.5. The summed E-state index contributed by atoms with van der Waals surface area (Å²) in [4.78, 5) is 37.7. The minimum atomic E-state index is -1.51. The van der Waals surface area contributed by atoms with Gasteiger partial charge >= 0.3 is 17.9 Å². The summed E-state index contributed by atoms with van der Waals surface area (Å²) in [6, 6.07) is 0. The van der Waals surface area contributed by atoms with Crippen LogP contribution in [-0.2, 0) is 33.3 Å². The highest BCUT2D eigenvalue weighted by atomic mass is 16.7. The maximum Gasteiger partial charge on any atom is 0.361 e. The van der Waals surface area contributed by atoms with E-state index in [-0.39, 0.29) is 32.2 Å². The highest BCUT2D eigenvalue weighted by Gasteiger charge is 2.25. The van der Waals surface area contributed by atoms with Crippen LogP contribution in [0.15, 0.2) is 60.8 Å². The third kappa shape index (κ3) is 72.4. The Morgan fingerprint density at radius 2 is 0.633 bits per heavy atom. The van der Waals surface area contributed by atoms with Crippen LogP contribution in [0.25, 0.3) is 0 Å². The summed E-state index contributed by atoms with van der Waals surface area (Å²) < 4.78 is 23.0. The number of likely N-dealkylation sites (N-methyl/N-ethyl adjacent to an activating group) is 1. The van der Waals surface area contributed by atoms with E-state index >= 15 is 0 Å². The molecule has 0 rings (SSSR count). The second-order valence-electron chi connectivity index (χ2n) is 27.7. The first-order valence-corrected chi connectivity index (χ1v) is 39.0. The number of carbonyl (C=O) groups is 3. The smallest absolute Gasteiger partial charge is 0.361 e. The predicted molar refractivity (Wildman–Crippen MR) is 387 cm³/mol. The number of aliphatic carboxylic acids is 1. The van der Waals surface area contributed by atoms with Crippen molar-refractivity contribution in [3.05, 3.63) is 60.8 Å². The number of unbranched alkanes of at least 4 members (excludes halogenated alkanes) is 48. The lowest BCUT2D eigenvalue weighted by molar-refractivity contribution is -0.870. The molecule has 1 N–H and O–H groups in total. The summed E-state index contributed by atoms with van der Waals surface area (Å²) in [7, 11) is 5.98. The first kappa shape index (κ1) is 87.0. The van der Waals surface area contributed by atoms with E-state index in [0.29, 0.717) is 23.9 Å². The van der Waals surface area contributed by atoms with Gasteiger partial charge in [0, 0.05) is 12.8 Å². The van der Waals surface area contributed by atoms with Crippen molar-refractivity contribution in [3.8, 4) is 0 Å². The Balaban J connectivity index is 3.95. The third-order valence-electron chi connectivity index (χ3n) is 17.5. The Bertz CT molecular complexity index is 1660. The molecule has 2 atom stereocenters. The summed E-state index contributed by atoms with van der Waals surface area (Å²) >= 11 is 0. The average molecular weight is 1270 g/mol. The lowest BCUT2D eigenvalue weighted by Gasteiger charge is -2.25. The van der Waals surface area contributed by atoms with Crippen LogP contribution >= 0.6 is 0 Å². The number of hydrogen-bond donors (Lipinski definition) is 1. The molecule has 0 aliphatic heterocycles. The van der Waals surface area contributed by atoms with Crippen molar-refractivity contribution in [2.75, 3.05) is 47.5 Å². The maximum absolute atomic E-state index is 13.0. The Morgan fingerprint density at radius 1 is 0.344 bits per heavy atom. The van der Waals surface area contributed by atoms with E-state index in [2.05, 4.69) is 74.6 Å². The van der Waals surface area contributed by atoms with Crippen molar-refractivity contribution in [1.82, 2.24) is 0 Å². The number of quaternary nitrogens is 1. The highest BCUT2D eigenvalue weighted by Crippen LogP contribution is 2.20. The zero-order chi connectivity index (χ0) is 65.4. The summed E-state index contributed by atoms with van der Waals surface area (Å²) in [6.07, 6.45) is 92.4. The van der Waals surface area contributed by atoms with Gasteiger partial charge in [0.15, 0.2) is 6.10 Å². The fourth-order valence-electron chi connectivity index (χ4n) is 11.6. The van der Waals surface area contributed by atoms with Crippen LogP contribution in [0.4, 0.5) is 0 Å². The molecule has 0 aromatic carbocycles. The minimum absolute atomic E-state index is 0.183. The van der Waals surface area contributed by atoms with Crippen LogP contribution in [0.5, 0.6) is 0 Å². The molecule has 0 bridgehead atoms. The van der Waals surface area contributed by atoms with Crippen LogP contribution in [-0.4, -0.2) is 87.4 Å². The Hall–Kier alpha value is -3.01. The lowest BCUT2D eigenvalue weighted by atomic mass is 10.0. The van der Waals surface area contributed by atoms with Gasteiger partial charge < -0.3 is 28.5 Å². The zero-order valence-electron chi connectivity index (χ0n) is 60.3. The maximum atomic E-state index is 13.0. The normalized spacial score (nSPS) is 12.9. The van der Waals surface area contributed by atoms with Gasteiger partial charge in [0.05, 0.1) is 34.4 Å². The molecule has 90 heavy (non-hydrogen) atoms. The standard InChI is InChI=1S/C81H149NO8/c1-6-8-10-12-14-16-18-20-22-24-26-28-30-32-33-34-35-36-37-38-39-40-41-42-43-44-45-46-48-49-51-53-55-57-59-61-63-65-67-69-71-78(83)88-75-77(76-89-81(80(85)86)87-74-73-82(3,4)5)90-79(84)72-70-68-66-64-62-60-58-56-54-52-50-47-31-29-27-25-23-21-19-17-15-13-11-9-7-2/h9,11,15,17,21,23,27,29,47,50,77,81H,6-8,10,12-14,16,18-20,22,24-26,28,30-46,48-49,51-76H2,1-5H3/p+1/b11-9-,17-15-,23-21-,29-27-,50-47-. The van der Waals surface area contributed by atoms with Crippen LogP contribution < -0.4 is 0 Å². The van der Waals surface area contributed by atoms with E-state index in [0.717, 1.165) is 77.0 Å². The molecule has 0 radical (unpaired) electrons. The molecule has 2 unspecified atom stereocenters. The summed E-state index contributed by atoms with van der Waals surface area (Å²) in [6.45, 7) is 4.81. The molecule has 9 nitrogen and oxygen atoms in total. The van der Waals surface area contributed by atoms with Gasteiger partial charge in [-0.15, -0.1) is 0 Å². The molecule has 0 spiro atoms. The van der Waals surface area contributed by atoms with Crippen molar-refractivity contribution in [2.24, 2.45) is 0 Å². The van der Waals surface area contributed by atoms with Gasteiger partial charge in [-0.3, -0.25) is 9.59 Å². The van der Waals surface area contributed by atoms with Gasteiger partial charge in [-0.25, -0.2) is 4.79 Å². The van der Waals surface area contributed by atoms with E-state index in [1.54, 1.807) is 0 Å². The number of hydrogen-bond acceptors (Lipinski definition) is 7. The molecule has 0 aliphatic carbocycles. The molecule has 0 saturated carbocycles. The van der Waals surface area contributed by atoms with Gasteiger partial charge in [-0.05, 0) is 57.8 Å². The van der Waals surface area contributed by atoms with Gasteiger partial charge in [0.25, 0.3) is 6.29 Å². The number of carboxylic acid groups (broad SMARTS) is 1. The number of esters is 2. The van der Waals surface area contributed by atoms with Gasteiger partial charge in [0.2, 0.25) is 0 Å². The van der Waals surface area contributed by atoms with Gasteiger partial charge in [-0.1, -0.05) is 370 Å². The second kappa shape index (κ2) is 71.8. The number of allylic oxidation sites excluding steroid dienone is 10. The monoisotopic (exact) mass is 1270 g/mol. The molecule has 0 aromatic rings. The Morgan fingerprint density at radius 3 is 0.944 bits per heavy atom. The van der Waals surface area contributed by atoms with Crippen molar-refractivity contribution in [3.63, 3.8) is 0 Å². The molecule has 526 valence electrons. The van der Waals surface area contributed by atoms with Crippen LogP contribution in [0.3, 0.4) is 0 Å². The van der Waals surface area contributed by atoms with E-state index < -0.39 is 24.3 Å².